The standard InChI is InChI=1S/C15H13IN2O2S/c1-20-11-6-4-5-10(9-11)17-15(21)18-14(19)12-7-2-3-8-13(12)16/h2-9H,1H3,(H2,17,18,19,21). The van der Waals surface area contributed by atoms with E-state index in [2.05, 4.69) is 33.2 Å². The lowest BCUT2D eigenvalue weighted by atomic mass is 10.2. The molecule has 0 aromatic heterocycles. The van der Waals surface area contributed by atoms with Crippen LogP contribution < -0.4 is 15.4 Å². The molecule has 2 N–H and O–H groups in total. The fourth-order valence-electron chi connectivity index (χ4n) is 1.68. The maximum absolute atomic E-state index is 12.1. The van der Waals surface area contributed by atoms with Crippen LogP contribution in [0.3, 0.4) is 0 Å². The fraction of sp³-hybridized carbons (Fsp3) is 0.0667. The first-order valence-corrected chi connectivity index (χ1v) is 7.60. The van der Waals surface area contributed by atoms with Crippen molar-refractivity contribution >= 4 is 51.5 Å². The molecule has 2 rings (SSSR count). The summed E-state index contributed by atoms with van der Waals surface area (Å²) in [5, 5.41) is 5.86. The van der Waals surface area contributed by atoms with Crippen LogP contribution in [0.2, 0.25) is 0 Å². The zero-order chi connectivity index (χ0) is 15.2. The number of nitrogens with one attached hydrogen (secondary N) is 2. The van der Waals surface area contributed by atoms with Crippen LogP contribution in [-0.4, -0.2) is 18.1 Å². The third-order valence-corrected chi connectivity index (χ3v) is 3.82. The number of thiocarbonyl (C=S) groups is 1. The molecule has 108 valence electrons. The number of hydrogen-bond acceptors (Lipinski definition) is 3. The number of carbonyl (C=O) groups excluding carboxylic acids is 1. The van der Waals surface area contributed by atoms with Gasteiger partial charge in [-0.25, -0.2) is 0 Å². The smallest absolute Gasteiger partial charge is 0.258 e. The van der Waals surface area contributed by atoms with Crippen molar-refractivity contribution in [1.82, 2.24) is 5.32 Å². The number of ether oxygens (including phenoxy) is 1. The first kappa shape index (κ1) is 15.7. The number of benzene rings is 2. The summed E-state index contributed by atoms with van der Waals surface area (Å²) < 4.78 is 6.00. The lowest BCUT2D eigenvalue weighted by Crippen LogP contribution is -2.34. The molecule has 0 heterocycles. The third-order valence-electron chi connectivity index (χ3n) is 2.67. The highest BCUT2D eigenvalue weighted by molar-refractivity contribution is 14.1. The van der Waals surface area contributed by atoms with E-state index in [1.807, 2.05) is 36.4 Å². The number of rotatable bonds is 3. The van der Waals surface area contributed by atoms with Crippen molar-refractivity contribution in [2.75, 3.05) is 12.4 Å². The van der Waals surface area contributed by atoms with E-state index in [9.17, 15) is 4.79 Å². The second-order valence-corrected chi connectivity index (χ2v) is 5.69. The zero-order valence-electron chi connectivity index (χ0n) is 11.2. The molecule has 1 amide bonds. The van der Waals surface area contributed by atoms with Gasteiger partial charge in [-0.2, -0.15) is 0 Å². The van der Waals surface area contributed by atoms with E-state index in [0.717, 1.165) is 9.26 Å². The van der Waals surface area contributed by atoms with Crippen molar-refractivity contribution in [2.45, 2.75) is 0 Å². The predicted octanol–water partition coefficient (Wildman–Crippen LogP) is 3.43. The molecule has 2 aromatic carbocycles. The van der Waals surface area contributed by atoms with Gasteiger partial charge in [0.1, 0.15) is 5.75 Å². The zero-order valence-corrected chi connectivity index (χ0v) is 14.2. The maximum atomic E-state index is 12.1. The van der Waals surface area contributed by atoms with Gasteiger partial charge in [0.05, 0.1) is 12.7 Å². The minimum atomic E-state index is -0.236. The summed E-state index contributed by atoms with van der Waals surface area (Å²) >= 11 is 7.26. The monoisotopic (exact) mass is 412 g/mol. The number of halogens is 1. The van der Waals surface area contributed by atoms with E-state index in [-0.39, 0.29) is 11.0 Å². The van der Waals surface area contributed by atoms with Crippen molar-refractivity contribution < 1.29 is 9.53 Å². The average molecular weight is 412 g/mol. The van der Waals surface area contributed by atoms with E-state index < -0.39 is 0 Å². The molecule has 0 aliphatic carbocycles. The minimum Gasteiger partial charge on any atom is -0.497 e. The molecule has 21 heavy (non-hydrogen) atoms. The number of anilines is 1. The molecule has 0 saturated heterocycles. The Morgan fingerprint density at radius 1 is 1.19 bits per heavy atom. The highest BCUT2D eigenvalue weighted by Crippen LogP contribution is 2.16. The van der Waals surface area contributed by atoms with Crippen molar-refractivity contribution in [3.63, 3.8) is 0 Å². The second kappa shape index (κ2) is 7.37. The maximum Gasteiger partial charge on any atom is 0.258 e. The third kappa shape index (κ3) is 4.40. The van der Waals surface area contributed by atoms with Crippen LogP contribution in [-0.2, 0) is 0 Å². The van der Waals surface area contributed by atoms with E-state index in [1.54, 1.807) is 19.2 Å². The summed E-state index contributed by atoms with van der Waals surface area (Å²) in [6, 6.07) is 14.6. The lowest BCUT2D eigenvalue weighted by molar-refractivity contribution is 0.0977. The van der Waals surface area contributed by atoms with Gasteiger partial charge in [-0.15, -0.1) is 0 Å². The number of methoxy groups -OCH3 is 1. The Kier molecular flexibility index (Phi) is 5.51. The highest BCUT2D eigenvalue weighted by atomic mass is 127. The van der Waals surface area contributed by atoms with Gasteiger partial charge in [0.15, 0.2) is 5.11 Å². The van der Waals surface area contributed by atoms with Gasteiger partial charge >= 0.3 is 0 Å². The summed E-state index contributed by atoms with van der Waals surface area (Å²) in [5.74, 6) is 0.479. The topological polar surface area (TPSA) is 50.4 Å². The molecular formula is C15H13IN2O2S. The van der Waals surface area contributed by atoms with Crippen LogP contribution in [0.4, 0.5) is 5.69 Å². The van der Waals surface area contributed by atoms with Crippen molar-refractivity contribution in [3.8, 4) is 5.75 Å². The first-order valence-electron chi connectivity index (χ1n) is 6.11. The molecule has 6 heteroatoms. The van der Waals surface area contributed by atoms with Gasteiger partial charge in [0.2, 0.25) is 0 Å². The SMILES string of the molecule is COc1cccc(NC(=S)NC(=O)c2ccccc2I)c1. The second-order valence-electron chi connectivity index (χ2n) is 4.12. The summed E-state index contributed by atoms with van der Waals surface area (Å²) in [6.07, 6.45) is 0. The summed E-state index contributed by atoms with van der Waals surface area (Å²) in [5.41, 5.74) is 1.34. The molecule has 0 spiro atoms. The van der Waals surface area contributed by atoms with Gasteiger partial charge in [-0.1, -0.05) is 18.2 Å². The van der Waals surface area contributed by atoms with E-state index >= 15 is 0 Å². The van der Waals surface area contributed by atoms with Crippen LogP contribution in [0.15, 0.2) is 48.5 Å². The van der Waals surface area contributed by atoms with Crippen LogP contribution in [0.25, 0.3) is 0 Å². The molecular weight excluding hydrogens is 399 g/mol. The Morgan fingerprint density at radius 2 is 1.95 bits per heavy atom. The Morgan fingerprint density at radius 3 is 2.67 bits per heavy atom. The first-order chi connectivity index (χ1) is 10.1. The molecule has 0 radical (unpaired) electrons. The van der Waals surface area contributed by atoms with E-state index in [4.69, 9.17) is 17.0 Å². The van der Waals surface area contributed by atoms with E-state index in [1.165, 1.54) is 0 Å². The number of carbonyl (C=O) groups is 1. The predicted molar refractivity (Wildman–Crippen MR) is 95.8 cm³/mol. The largest absolute Gasteiger partial charge is 0.497 e. The average Bonchev–Trinajstić information content (AvgIpc) is 2.47. The molecule has 0 bridgehead atoms. The van der Waals surface area contributed by atoms with Crippen LogP contribution >= 0.6 is 34.8 Å². The molecule has 0 unspecified atom stereocenters. The minimum absolute atomic E-state index is 0.236. The summed E-state index contributed by atoms with van der Waals surface area (Å²) in [6.45, 7) is 0. The molecule has 0 aliphatic rings. The lowest BCUT2D eigenvalue weighted by Gasteiger charge is -2.11. The van der Waals surface area contributed by atoms with Gasteiger partial charge < -0.3 is 10.1 Å². The summed E-state index contributed by atoms with van der Waals surface area (Å²) in [4.78, 5) is 12.1. The van der Waals surface area contributed by atoms with Crippen LogP contribution in [0.1, 0.15) is 10.4 Å². The van der Waals surface area contributed by atoms with E-state index in [0.29, 0.717) is 11.3 Å². The Balaban J connectivity index is 2.01. The fourth-order valence-corrected chi connectivity index (χ4v) is 2.52. The number of hydrogen-bond donors (Lipinski definition) is 2. The van der Waals surface area contributed by atoms with Crippen molar-refractivity contribution in [2.24, 2.45) is 0 Å². The van der Waals surface area contributed by atoms with Crippen LogP contribution in [0, 0.1) is 3.57 Å². The Hall–Kier alpha value is -1.67. The van der Waals surface area contributed by atoms with Gasteiger partial charge in [0.25, 0.3) is 5.91 Å². The quantitative estimate of drug-likeness (QED) is 0.599. The molecule has 0 fully saturated rings. The molecule has 0 aliphatic heterocycles. The normalized spacial score (nSPS) is 9.81. The highest BCUT2D eigenvalue weighted by Gasteiger charge is 2.10. The van der Waals surface area contributed by atoms with Crippen LogP contribution in [0.5, 0.6) is 5.75 Å². The molecule has 0 atom stereocenters. The molecule has 2 aromatic rings. The Labute approximate surface area is 142 Å². The van der Waals surface area contributed by atoms with Crippen molar-refractivity contribution in [3.05, 3.63) is 57.7 Å². The molecule has 0 saturated carbocycles. The van der Waals surface area contributed by atoms with Crippen molar-refractivity contribution in [1.29, 1.82) is 0 Å². The number of amides is 1. The van der Waals surface area contributed by atoms with Gasteiger partial charge in [-0.3, -0.25) is 10.1 Å². The molecule has 4 nitrogen and oxygen atoms in total. The van der Waals surface area contributed by atoms with Gasteiger partial charge in [0, 0.05) is 15.3 Å². The summed E-state index contributed by atoms with van der Waals surface area (Å²) in [7, 11) is 1.59. The Bertz CT molecular complexity index is 676. The van der Waals surface area contributed by atoms with Gasteiger partial charge in [-0.05, 0) is 59.1 Å².